The van der Waals surface area contributed by atoms with E-state index < -0.39 is 5.95 Å². The Hall–Kier alpha value is -2.27. The molecule has 1 fully saturated rings. The van der Waals surface area contributed by atoms with Gasteiger partial charge in [-0.05, 0) is 31.5 Å². The summed E-state index contributed by atoms with van der Waals surface area (Å²) < 4.78 is 13.2. The van der Waals surface area contributed by atoms with Crippen LogP contribution in [0.5, 0.6) is 0 Å². The number of aromatic nitrogens is 1. The Morgan fingerprint density at radius 3 is 2.42 bits per heavy atom. The number of carbonyl (C=O) groups is 1. The van der Waals surface area contributed by atoms with E-state index in [1.165, 1.54) is 6.07 Å². The maximum Gasteiger partial charge on any atom is 0.214 e. The predicted molar refractivity (Wildman–Crippen MR) is 102 cm³/mol. The largest absolute Gasteiger partial charge is 0.354 e. The van der Waals surface area contributed by atoms with Gasteiger partial charge in [0.15, 0.2) is 5.78 Å². The summed E-state index contributed by atoms with van der Waals surface area (Å²) in [5, 5.41) is 0. The van der Waals surface area contributed by atoms with Crippen molar-refractivity contribution in [1.29, 1.82) is 0 Å². The molecular formula is C21H26FN3O. The third-order valence-electron chi connectivity index (χ3n) is 4.87. The predicted octanol–water partition coefficient (Wildman–Crippen LogP) is 3.79. The quantitative estimate of drug-likeness (QED) is 0.410. The third-order valence-corrected chi connectivity index (χ3v) is 4.87. The second-order valence-corrected chi connectivity index (χ2v) is 6.75. The second-order valence-electron chi connectivity index (χ2n) is 6.75. The number of halogens is 1. The van der Waals surface area contributed by atoms with Gasteiger partial charge in [-0.3, -0.25) is 9.69 Å². The van der Waals surface area contributed by atoms with Crippen LogP contribution in [-0.4, -0.2) is 48.4 Å². The maximum atomic E-state index is 13.2. The molecule has 5 heteroatoms. The molecule has 3 rings (SSSR count). The van der Waals surface area contributed by atoms with Crippen LogP contribution in [0.2, 0.25) is 0 Å². The van der Waals surface area contributed by atoms with Gasteiger partial charge in [-0.25, -0.2) is 4.98 Å². The number of pyridine rings is 1. The molecule has 1 aliphatic rings. The van der Waals surface area contributed by atoms with Crippen molar-refractivity contribution in [2.45, 2.75) is 25.7 Å². The Labute approximate surface area is 154 Å². The molecule has 4 nitrogen and oxygen atoms in total. The summed E-state index contributed by atoms with van der Waals surface area (Å²) >= 11 is 0. The molecule has 0 saturated carbocycles. The van der Waals surface area contributed by atoms with Crippen LogP contribution < -0.4 is 4.90 Å². The fraction of sp³-hybridized carbons (Fsp3) is 0.429. The molecule has 1 saturated heterocycles. The van der Waals surface area contributed by atoms with Gasteiger partial charge < -0.3 is 4.90 Å². The van der Waals surface area contributed by atoms with Gasteiger partial charge in [-0.15, -0.1) is 0 Å². The lowest BCUT2D eigenvalue weighted by molar-refractivity contribution is 0.0978. The fourth-order valence-electron chi connectivity index (χ4n) is 3.34. The molecule has 0 aliphatic carbocycles. The molecule has 0 amide bonds. The summed E-state index contributed by atoms with van der Waals surface area (Å²) in [7, 11) is 0. The summed E-state index contributed by atoms with van der Waals surface area (Å²) in [6, 6.07) is 14.5. The molecule has 1 aliphatic heterocycles. The van der Waals surface area contributed by atoms with Crippen LogP contribution in [0.3, 0.4) is 0 Å². The van der Waals surface area contributed by atoms with Crippen molar-refractivity contribution in [3.8, 4) is 0 Å². The molecule has 0 unspecified atom stereocenters. The number of nitrogens with zero attached hydrogens (tertiary/aromatic N) is 3. The SMILES string of the molecule is O=C(CCCCCN1CCN(c2cccc(F)n2)CC1)c1ccccc1. The first-order valence-electron chi connectivity index (χ1n) is 9.40. The zero-order valence-electron chi connectivity index (χ0n) is 15.1. The summed E-state index contributed by atoms with van der Waals surface area (Å²) in [6.07, 6.45) is 3.76. The van der Waals surface area contributed by atoms with Crippen molar-refractivity contribution in [2.24, 2.45) is 0 Å². The number of benzene rings is 1. The van der Waals surface area contributed by atoms with Gasteiger partial charge >= 0.3 is 0 Å². The van der Waals surface area contributed by atoms with Crippen LogP contribution in [-0.2, 0) is 0 Å². The number of rotatable bonds is 8. The lowest BCUT2D eigenvalue weighted by Gasteiger charge is -2.35. The van der Waals surface area contributed by atoms with Crippen molar-refractivity contribution in [1.82, 2.24) is 9.88 Å². The van der Waals surface area contributed by atoms with Crippen LogP contribution in [0, 0.1) is 5.95 Å². The minimum atomic E-state index is -0.421. The summed E-state index contributed by atoms with van der Waals surface area (Å²) in [5.74, 6) is 0.542. The van der Waals surface area contributed by atoms with Crippen LogP contribution in [0.15, 0.2) is 48.5 Å². The van der Waals surface area contributed by atoms with Crippen molar-refractivity contribution in [2.75, 3.05) is 37.6 Å². The van der Waals surface area contributed by atoms with Gasteiger partial charge in [0.05, 0.1) is 0 Å². The molecule has 0 spiro atoms. The molecule has 0 bridgehead atoms. The number of piperazine rings is 1. The van der Waals surface area contributed by atoms with Gasteiger partial charge in [0.1, 0.15) is 5.82 Å². The lowest BCUT2D eigenvalue weighted by atomic mass is 10.0. The normalized spacial score (nSPS) is 15.2. The zero-order valence-corrected chi connectivity index (χ0v) is 15.1. The van der Waals surface area contributed by atoms with E-state index in [0.29, 0.717) is 6.42 Å². The van der Waals surface area contributed by atoms with Crippen molar-refractivity contribution >= 4 is 11.6 Å². The van der Waals surface area contributed by atoms with Gasteiger partial charge in [-0.1, -0.05) is 42.8 Å². The molecule has 2 heterocycles. The summed E-state index contributed by atoms with van der Waals surface area (Å²) in [5.41, 5.74) is 0.814. The van der Waals surface area contributed by atoms with Crippen LogP contribution in [0.1, 0.15) is 36.0 Å². The highest BCUT2D eigenvalue weighted by Crippen LogP contribution is 2.14. The number of hydrogen-bond donors (Lipinski definition) is 0. The number of Topliss-reactive ketones (excluding diaryl/α,β-unsaturated/α-hetero) is 1. The van der Waals surface area contributed by atoms with E-state index in [-0.39, 0.29) is 5.78 Å². The fourth-order valence-corrected chi connectivity index (χ4v) is 3.34. The molecule has 0 radical (unpaired) electrons. The zero-order chi connectivity index (χ0) is 18.2. The van der Waals surface area contributed by atoms with Crippen LogP contribution in [0.4, 0.5) is 10.2 Å². The molecule has 0 N–H and O–H groups in total. The molecule has 0 atom stereocenters. The average Bonchev–Trinajstić information content (AvgIpc) is 2.69. The highest BCUT2D eigenvalue weighted by Gasteiger charge is 2.17. The molecular weight excluding hydrogens is 329 g/mol. The molecule has 1 aromatic heterocycles. The first kappa shape index (κ1) is 18.5. The second kappa shape index (κ2) is 9.43. The first-order chi connectivity index (χ1) is 12.7. The summed E-state index contributed by atoms with van der Waals surface area (Å²) in [4.78, 5) is 20.6. The smallest absolute Gasteiger partial charge is 0.214 e. The number of ketones is 1. The third kappa shape index (κ3) is 5.36. The molecule has 1 aromatic carbocycles. The van der Waals surface area contributed by atoms with E-state index in [4.69, 9.17) is 0 Å². The van der Waals surface area contributed by atoms with Gasteiger partial charge in [0.2, 0.25) is 5.95 Å². The van der Waals surface area contributed by atoms with E-state index in [0.717, 1.165) is 63.4 Å². The van der Waals surface area contributed by atoms with Crippen LogP contribution >= 0.6 is 0 Å². The average molecular weight is 355 g/mol. The highest BCUT2D eigenvalue weighted by molar-refractivity contribution is 5.95. The van der Waals surface area contributed by atoms with Gasteiger partial charge in [-0.2, -0.15) is 4.39 Å². The van der Waals surface area contributed by atoms with Crippen molar-refractivity contribution in [3.05, 3.63) is 60.0 Å². The van der Waals surface area contributed by atoms with Crippen LogP contribution in [0.25, 0.3) is 0 Å². The number of hydrogen-bond acceptors (Lipinski definition) is 4. The highest BCUT2D eigenvalue weighted by atomic mass is 19.1. The maximum absolute atomic E-state index is 13.2. The summed E-state index contributed by atoms with van der Waals surface area (Å²) in [6.45, 7) is 4.76. The standard InChI is InChI=1S/C21H26FN3O/c22-20-11-7-12-21(23-20)25-16-14-24(15-17-25)13-6-2-5-10-19(26)18-8-3-1-4-9-18/h1,3-4,7-9,11-12H,2,5-6,10,13-17H2. The Balaban J connectivity index is 1.30. The molecule has 26 heavy (non-hydrogen) atoms. The van der Waals surface area contributed by atoms with Gasteiger partial charge in [0.25, 0.3) is 0 Å². The van der Waals surface area contributed by atoms with E-state index in [1.54, 1.807) is 6.07 Å². The van der Waals surface area contributed by atoms with E-state index in [1.807, 2.05) is 36.4 Å². The van der Waals surface area contributed by atoms with E-state index in [2.05, 4.69) is 14.8 Å². The molecule has 2 aromatic rings. The van der Waals surface area contributed by atoms with Gasteiger partial charge in [0, 0.05) is 38.2 Å². The van der Waals surface area contributed by atoms with Crippen molar-refractivity contribution in [3.63, 3.8) is 0 Å². The monoisotopic (exact) mass is 355 g/mol. The number of unbranched alkanes of at least 4 members (excludes halogenated alkanes) is 2. The first-order valence-corrected chi connectivity index (χ1v) is 9.40. The number of anilines is 1. The minimum Gasteiger partial charge on any atom is -0.354 e. The van der Waals surface area contributed by atoms with E-state index in [9.17, 15) is 9.18 Å². The Kier molecular flexibility index (Phi) is 6.72. The topological polar surface area (TPSA) is 36.4 Å². The Morgan fingerprint density at radius 1 is 0.923 bits per heavy atom. The Morgan fingerprint density at radius 2 is 1.69 bits per heavy atom. The van der Waals surface area contributed by atoms with E-state index >= 15 is 0 Å². The lowest BCUT2D eigenvalue weighted by Crippen LogP contribution is -2.46. The number of carbonyl (C=O) groups excluding carboxylic acids is 1. The Bertz CT molecular complexity index is 699. The van der Waals surface area contributed by atoms with Crippen molar-refractivity contribution < 1.29 is 9.18 Å². The minimum absolute atomic E-state index is 0.238. The molecule has 138 valence electrons.